The molecule has 2 N–H and O–H groups in total. The van der Waals surface area contributed by atoms with E-state index < -0.39 is 34.3 Å². The van der Waals surface area contributed by atoms with Crippen LogP contribution in [0.2, 0.25) is 5.15 Å². The maximum Gasteiger partial charge on any atom is 0.410 e. The Morgan fingerprint density at radius 1 is 1.27 bits per heavy atom. The summed E-state index contributed by atoms with van der Waals surface area (Å²) >= 11 is 6.14. The third-order valence-corrected chi connectivity index (χ3v) is 7.08. The van der Waals surface area contributed by atoms with Gasteiger partial charge in [-0.05, 0) is 53.0 Å². The number of halogens is 2. The van der Waals surface area contributed by atoms with Crippen molar-refractivity contribution in [3.8, 4) is 5.88 Å². The molecule has 10 nitrogen and oxygen atoms in total. The molecule has 0 radical (unpaired) electrons. The number of H-pyrrole nitrogens is 1. The van der Waals surface area contributed by atoms with Crippen molar-refractivity contribution in [3.05, 3.63) is 32.6 Å². The number of rotatable bonds is 7. The van der Waals surface area contributed by atoms with Gasteiger partial charge in [0.05, 0.1) is 18.7 Å². The molecule has 4 heterocycles. The number of carbonyl (C=O) groups is 1. The fourth-order valence-electron chi connectivity index (χ4n) is 5.13. The van der Waals surface area contributed by atoms with Crippen LogP contribution in [0.3, 0.4) is 0 Å². The van der Waals surface area contributed by atoms with E-state index in [-0.39, 0.29) is 48.2 Å². The lowest BCUT2D eigenvalue weighted by molar-refractivity contribution is -0.0726. The number of aromatic nitrogens is 2. The van der Waals surface area contributed by atoms with Crippen molar-refractivity contribution in [1.82, 2.24) is 20.2 Å². The fraction of sp³-hybridized carbons (Fsp3) is 0.640. The van der Waals surface area contributed by atoms with Gasteiger partial charge in [0.1, 0.15) is 23.9 Å². The molecule has 2 aromatic heterocycles. The molecule has 0 spiro atoms. The third kappa shape index (κ3) is 5.55. The lowest BCUT2D eigenvalue weighted by Gasteiger charge is -2.43. The number of hydrogen-bond acceptors (Lipinski definition) is 8. The fourth-order valence-corrected chi connectivity index (χ4v) is 5.30. The summed E-state index contributed by atoms with van der Waals surface area (Å²) < 4.78 is 37.7. The number of hydrogen-bond donors (Lipinski definition) is 2. The minimum Gasteiger partial charge on any atom is -0.470 e. The van der Waals surface area contributed by atoms with Gasteiger partial charge in [-0.3, -0.25) is 9.69 Å². The van der Waals surface area contributed by atoms with E-state index in [1.807, 2.05) is 20.8 Å². The molecule has 2 saturated heterocycles. The highest BCUT2D eigenvalue weighted by Gasteiger charge is 2.49. The molecule has 0 aliphatic carbocycles. The molecule has 2 fully saturated rings. The molecule has 2 aliphatic heterocycles. The number of carbonyl (C=O) groups excluding carboxylic acids is 1. The Balaban J connectivity index is 1.72. The number of pyridine rings is 2. The zero-order chi connectivity index (χ0) is 27.1. The molecule has 12 heteroatoms. The first-order valence-corrected chi connectivity index (χ1v) is 12.7. The van der Waals surface area contributed by atoms with Crippen molar-refractivity contribution >= 4 is 28.5 Å². The van der Waals surface area contributed by atoms with Crippen LogP contribution in [-0.4, -0.2) is 77.8 Å². The Labute approximate surface area is 219 Å². The van der Waals surface area contributed by atoms with Crippen LogP contribution in [0, 0.1) is 19.7 Å². The van der Waals surface area contributed by atoms with E-state index in [1.54, 1.807) is 18.7 Å². The second-order valence-corrected chi connectivity index (χ2v) is 10.9. The van der Waals surface area contributed by atoms with Crippen LogP contribution in [0.4, 0.5) is 9.18 Å². The number of fused-ring (bicyclic) bond motifs is 3. The SMILES string of the molecule is COCOCC(Oc1nc(Cl)c(F)c2c(C)c(C)[nH]c(=O)c12)C1NCC2CCC1N2C(=O)OC(C)(C)C. The molecule has 2 aliphatic rings. The predicted octanol–water partition coefficient (Wildman–Crippen LogP) is 3.44. The van der Waals surface area contributed by atoms with Crippen molar-refractivity contribution in [2.24, 2.45) is 0 Å². The van der Waals surface area contributed by atoms with E-state index in [2.05, 4.69) is 15.3 Å². The van der Waals surface area contributed by atoms with Gasteiger partial charge < -0.3 is 29.2 Å². The van der Waals surface area contributed by atoms with Crippen molar-refractivity contribution in [2.45, 2.75) is 77.3 Å². The number of amides is 1. The average molecular weight is 541 g/mol. The van der Waals surface area contributed by atoms with Crippen LogP contribution in [0.5, 0.6) is 5.88 Å². The Morgan fingerprint density at radius 2 is 2.00 bits per heavy atom. The van der Waals surface area contributed by atoms with Crippen molar-refractivity contribution in [1.29, 1.82) is 0 Å². The van der Waals surface area contributed by atoms with Gasteiger partial charge in [-0.1, -0.05) is 11.6 Å². The first kappa shape index (κ1) is 27.6. The first-order valence-electron chi connectivity index (χ1n) is 12.3. The van der Waals surface area contributed by atoms with E-state index in [9.17, 15) is 9.59 Å². The number of piperazine rings is 1. The highest BCUT2D eigenvalue weighted by Crippen LogP contribution is 2.35. The van der Waals surface area contributed by atoms with Gasteiger partial charge >= 0.3 is 6.09 Å². The minimum atomic E-state index is -0.784. The molecule has 204 valence electrons. The number of nitrogens with one attached hydrogen (secondary N) is 2. The lowest BCUT2D eigenvalue weighted by Crippen LogP contribution is -2.65. The van der Waals surface area contributed by atoms with E-state index in [1.165, 1.54) is 7.11 Å². The molecule has 2 bridgehead atoms. The minimum absolute atomic E-state index is 0.00683. The number of nitrogens with zero attached hydrogens (tertiary/aromatic N) is 2. The largest absolute Gasteiger partial charge is 0.470 e. The highest BCUT2D eigenvalue weighted by molar-refractivity contribution is 6.30. The van der Waals surface area contributed by atoms with E-state index in [4.69, 9.17) is 30.5 Å². The molecule has 0 saturated carbocycles. The van der Waals surface area contributed by atoms with E-state index in [0.717, 1.165) is 12.8 Å². The second-order valence-electron chi connectivity index (χ2n) is 10.5. The Morgan fingerprint density at radius 3 is 2.68 bits per heavy atom. The van der Waals surface area contributed by atoms with Crippen LogP contribution in [-0.2, 0) is 14.2 Å². The van der Waals surface area contributed by atoms with Crippen molar-refractivity contribution in [3.63, 3.8) is 0 Å². The summed E-state index contributed by atoms with van der Waals surface area (Å²) in [6.07, 6.45) is 0.422. The van der Waals surface area contributed by atoms with Crippen LogP contribution in [0.15, 0.2) is 4.79 Å². The topological polar surface area (TPSA) is 115 Å². The summed E-state index contributed by atoms with van der Waals surface area (Å²) in [6.45, 7) is 9.44. The number of ether oxygens (including phenoxy) is 4. The summed E-state index contributed by atoms with van der Waals surface area (Å²) in [5.74, 6) is -0.893. The molecule has 37 heavy (non-hydrogen) atoms. The van der Waals surface area contributed by atoms with Crippen molar-refractivity contribution in [2.75, 3.05) is 27.1 Å². The summed E-state index contributed by atoms with van der Waals surface area (Å²) in [6, 6.07) is -0.659. The zero-order valence-electron chi connectivity index (χ0n) is 21.9. The molecule has 4 atom stereocenters. The van der Waals surface area contributed by atoms with Gasteiger partial charge in [0.2, 0.25) is 5.88 Å². The molecule has 4 unspecified atom stereocenters. The maximum absolute atomic E-state index is 15.0. The van der Waals surface area contributed by atoms with Crippen LogP contribution < -0.4 is 15.6 Å². The molecular weight excluding hydrogens is 507 g/mol. The summed E-state index contributed by atoms with van der Waals surface area (Å²) in [5.41, 5.74) is -0.137. The smallest absolute Gasteiger partial charge is 0.410 e. The Kier molecular flexibility index (Phi) is 7.99. The van der Waals surface area contributed by atoms with Gasteiger partial charge in [-0.25, -0.2) is 9.18 Å². The number of methoxy groups -OCH3 is 1. The second kappa shape index (κ2) is 10.7. The molecule has 0 aromatic carbocycles. The average Bonchev–Trinajstić information content (AvgIpc) is 3.11. The molecule has 2 aromatic rings. The van der Waals surface area contributed by atoms with Gasteiger partial charge in [0, 0.05) is 30.8 Å². The normalized spacial score (nSPS) is 22.4. The van der Waals surface area contributed by atoms with Crippen molar-refractivity contribution < 1.29 is 28.1 Å². The zero-order valence-corrected chi connectivity index (χ0v) is 22.7. The predicted molar refractivity (Wildman–Crippen MR) is 136 cm³/mol. The maximum atomic E-state index is 15.0. The third-order valence-electron chi connectivity index (χ3n) is 6.83. The molecule has 4 rings (SSSR count). The van der Waals surface area contributed by atoms with Gasteiger partial charge in [-0.2, -0.15) is 4.98 Å². The van der Waals surface area contributed by atoms with Gasteiger partial charge in [0.15, 0.2) is 11.0 Å². The summed E-state index contributed by atoms with van der Waals surface area (Å²) in [4.78, 5) is 34.6. The van der Waals surface area contributed by atoms with E-state index in [0.29, 0.717) is 17.8 Å². The quantitative estimate of drug-likeness (QED) is 0.312. The molecule has 1 amide bonds. The molecular formula is C25H34ClFN4O6. The monoisotopic (exact) mass is 540 g/mol. The Hall–Kier alpha value is -2.47. The van der Waals surface area contributed by atoms with E-state index >= 15 is 4.39 Å². The lowest BCUT2D eigenvalue weighted by atomic mass is 9.99. The van der Waals surface area contributed by atoms with Gasteiger partial charge in [-0.15, -0.1) is 0 Å². The van der Waals surface area contributed by atoms with Crippen LogP contribution in [0.25, 0.3) is 10.8 Å². The number of aryl methyl sites for hydroxylation is 2. The van der Waals surface area contributed by atoms with Gasteiger partial charge in [0.25, 0.3) is 5.56 Å². The summed E-state index contributed by atoms with van der Waals surface area (Å²) in [5, 5.41) is 3.09. The van der Waals surface area contributed by atoms with Crippen LogP contribution >= 0.6 is 11.6 Å². The summed E-state index contributed by atoms with van der Waals surface area (Å²) in [7, 11) is 1.50. The first-order chi connectivity index (χ1) is 17.4. The van der Waals surface area contributed by atoms with Crippen LogP contribution in [0.1, 0.15) is 44.9 Å². The highest BCUT2D eigenvalue weighted by atomic mass is 35.5. The standard InChI is InChI=1S/C25H34ClFN4O6/c1-12-13(2)29-22(32)18-17(12)19(27)21(26)30-23(18)36-16(10-35-11-34-6)20-15-8-7-14(9-28-20)31(15)24(33)37-25(3,4)5/h14-16,20,28H,7-11H2,1-6H3,(H,29,32). The number of aromatic amines is 1. The Bertz CT molecular complexity index is 1220.